The third kappa shape index (κ3) is 4.69. The monoisotopic (exact) mass is 324 g/mol. The molecule has 0 spiro atoms. The van der Waals surface area contributed by atoms with E-state index in [0.29, 0.717) is 0 Å². The maximum absolute atomic E-state index is 12.5. The van der Waals surface area contributed by atoms with Crippen LogP contribution in [-0.2, 0) is 16.2 Å². The van der Waals surface area contributed by atoms with E-state index in [9.17, 15) is 21.6 Å². The van der Waals surface area contributed by atoms with Gasteiger partial charge in [-0.25, -0.2) is 13.1 Å². The SMILES string of the molecule is CC(C)(C)C(CN)NS(=O)(=O)c1ccc(C(F)(F)F)cc1. The molecule has 0 radical (unpaired) electrons. The quantitative estimate of drug-likeness (QED) is 0.893. The Morgan fingerprint density at radius 2 is 1.62 bits per heavy atom. The van der Waals surface area contributed by atoms with Crippen LogP contribution in [0.15, 0.2) is 29.2 Å². The highest BCUT2D eigenvalue weighted by atomic mass is 32.2. The number of halogens is 3. The normalized spacial score (nSPS) is 15.0. The van der Waals surface area contributed by atoms with Crippen LogP contribution in [0.25, 0.3) is 0 Å². The van der Waals surface area contributed by atoms with Crippen LogP contribution in [0.4, 0.5) is 13.2 Å². The molecule has 21 heavy (non-hydrogen) atoms. The number of hydrogen-bond donors (Lipinski definition) is 2. The summed E-state index contributed by atoms with van der Waals surface area (Å²) in [6.45, 7) is 5.54. The highest BCUT2D eigenvalue weighted by Gasteiger charge is 2.32. The van der Waals surface area contributed by atoms with Crippen LogP contribution in [0, 0.1) is 5.41 Å². The van der Waals surface area contributed by atoms with Gasteiger partial charge in [-0.15, -0.1) is 0 Å². The number of benzene rings is 1. The first kappa shape index (κ1) is 17.9. The molecule has 0 heterocycles. The Labute approximate surface area is 122 Å². The minimum absolute atomic E-state index is 0.0867. The third-order valence-electron chi connectivity index (χ3n) is 3.07. The van der Waals surface area contributed by atoms with Crippen molar-refractivity contribution in [3.05, 3.63) is 29.8 Å². The summed E-state index contributed by atoms with van der Waals surface area (Å²) in [5.74, 6) is 0. The van der Waals surface area contributed by atoms with Gasteiger partial charge in [0.05, 0.1) is 10.5 Å². The Kier molecular flexibility index (Phi) is 5.07. The van der Waals surface area contributed by atoms with E-state index < -0.39 is 33.2 Å². The Hall–Kier alpha value is -1.12. The summed E-state index contributed by atoms with van der Waals surface area (Å²) in [5.41, 5.74) is 4.24. The summed E-state index contributed by atoms with van der Waals surface area (Å²) in [6.07, 6.45) is -4.50. The second kappa shape index (κ2) is 5.94. The molecule has 0 aromatic heterocycles. The fourth-order valence-electron chi connectivity index (χ4n) is 1.66. The lowest BCUT2D eigenvalue weighted by Crippen LogP contribution is -2.48. The van der Waals surface area contributed by atoms with Crippen molar-refractivity contribution in [1.29, 1.82) is 0 Å². The molecule has 1 rings (SSSR count). The molecule has 1 atom stereocenters. The van der Waals surface area contributed by atoms with Crippen LogP contribution in [0.1, 0.15) is 26.3 Å². The standard InChI is InChI=1S/C13H19F3N2O2S/c1-12(2,3)11(8-17)18-21(19,20)10-6-4-9(5-7-10)13(14,15)16/h4-7,11,18H,8,17H2,1-3H3. The van der Waals surface area contributed by atoms with Gasteiger partial charge in [-0.05, 0) is 29.7 Å². The van der Waals surface area contributed by atoms with Gasteiger partial charge in [-0.1, -0.05) is 20.8 Å². The third-order valence-corrected chi connectivity index (χ3v) is 4.56. The van der Waals surface area contributed by atoms with Crippen molar-refractivity contribution in [2.75, 3.05) is 6.54 Å². The number of hydrogen-bond acceptors (Lipinski definition) is 3. The Balaban J connectivity index is 3.04. The van der Waals surface area contributed by atoms with Gasteiger partial charge in [0.15, 0.2) is 0 Å². The molecule has 8 heteroatoms. The lowest BCUT2D eigenvalue weighted by Gasteiger charge is -2.30. The molecular formula is C13H19F3N2O2S. The van der Waals surface area contributed by atoms with Crippen molar-refractivity contribution in [3.8, 4) is 0 Å². The van der Waals surface area contributed by atoms with E-state index in [1.54, 1.807) is 0 Å². The van der Waals surface area contributed by atoms with Crippen molar-refractivity contribution in [2.24, 2.45) is 11.1 Å². The minimum atomic E-state index is -4.50. The Morgan fingerprint density at radius 1 is 1.14 bits per heavy atom. The zero-order valence-corrected chi connectivity index (χ0v) is 12.8. The number of alkyl halides is 3. The number of nitrogens with one attached hydrogen (secondary N) is 1. The molecule has 0 bridgehead atoms. The van der Waals surface area contributed by atoms with E-state index in [4.69, 9.17) is 5.73 Å². The van der Waals surface area contributed by atoms with Gasteiger partial charge in [0.1, 0.15) is 0 Å². The van der Waals surface area contributed by atoms with Crippen molar-refractivity contribution in [1.82, 2.24) is 4.72 Å². The van der Waals surface area contributed by atoms with E-state index in [-0.39, 0.29) is 11.4 Å². The molecule has 0 saturated heterocycles. The summed E-state index contributed by atoms with van der Waals surface area (Å²) < 4.78 is 64.1. The van der Waals surface area contributed by atoms with Crippen LogP contribution < -0.4 is 10.5 Å². The highest BCUT2D eigenvalue weighted by molar-refractivity contribution is 7.89. The second-order valence-corrected chi connectivity index (χ2v) is 7.51. The van der Waals surface area contributed by atoms with Crippen molar-refractivity contribution in [2.45, 2.75) is 37.9 Å². The fourth-order valence-corrected chi connectivity index (χ4v) is 3.11. The van der Waals surface area contributed by atoms with Crippen LogP contribution in [-0.4, -0.2) is 21.0 Å². The zero-order chi connectivity index (χ0) is 16.5. The lowest BCUT2D eigenvalue weighted by atomic mass is 9.88. The van der Waals surface area contributed by atoms with Crippen molar-refractivity contribution < 1.29 is 21.6 Å². The molecule has 0 saturated carbocycles. The summed E-state index contributed by atoms with van der Waals surface area (Å²) in [5, 5.41) is 0. The van der Waals surface area contributed by atoms with Crippen LogP contribution in [0.2, 0.25) is 0 Å². The summed E-state index contributed by atoms with van der Waals surface area (Å²) in [6, 6.07) is 2.82. The van der Waals surface area contributed by atoms with E-state index in [1.165, 1.54) is 0 Å². The lowest BCUT2D eigenvalue weighted by molar-refractivity contribution is -0.137. The van der Waals surface area contributed by atoms with Gasteiger partial charge >= 0.3 is 6.18 Å². The molecule has 0 fully saturated rings. The predicted molar refractivity (Wildman–Crippen MR) is 74.1 cm³/mol. The number of sulfonamides is 1. The molecule has 4 nitrogen and oxygen atoms in total. The minimum Gasteiger partial charge on any atom is -0.329 e. The molecular weight excluding hydrogens is 305 g/mol. The molecule has 1 unspecified atom stereocenters. The average molecular weight is 324 g/mol. The first-order valence-corrected chi connectivity index (χ1v) is 7.76. The Bertz CT molecular complexity index is 575. The maximum Gasteiger partial charge on any atom is 0.416 e. The molecule has 120 valence electrons. The van der Waals surface area contributed by atoms with Crippen LogP contribution >= 0.6 is 0 Å². The van der Waals surface area contributed by atoms with Gasteiger partial charge in [0, 0.05) is 12.6 Å². The molecule has 0 amide bonds. The van der Waals surface area contributed by atoms with Crippen molar-refractivity contribution >= 4 is 10.0 Å². The second-order valence-electron chi connectivity index (χ2n) is 5.80. The van der Waals surface area contributed by atoms with Gasteiger partial charge in [0.25, 0.3) is 0 Å². The van der Waals surface area contributed by atoms with Gasteiger partial charge in [0.2, 0.25) is 10.0 Å². The zero-order valence-electron chi connectivity index (χ0n) is 12.0. The largest absolute Gasteiger partial charge is 0.416 e. The smallest absolute Gasteiger partial charge is 0.329 e. The molecule has 0 aliphatic rings. The topological polar surface area (TPSA) is 72.2 Å². The van der Waals surface area contributed by atoms with E-state index >= 15 is 0 Å². The van der Waals surface area contributed by atoms with E-state index in [0.717, 1.165) is 24.3 Å². The van der Waals surface area contributed by atoms with Crippen LogP contribution in [0.5, 0.6) is 0 Å². The van der Waals surface area contributed by atoms with Gasteiger partial charge < -0.3 is 5.73 Å². The molecule has 3 N–H and O–H groups in total. The molecule has 0 aliphatic heterocycles. The molecule has 1 aromatic carbocycles. The predicted octanol–water partition coefficient (Wildman–Crippen LogP) is 2.36. The maximum atomic E-state index is 12.5. The first-order chi connectivity index (χ1) is 9.38. The fraction of sp³-hybridized carbons (Fsp3) is 0.538. The van der Waals surface area contributed by atoms with E-state index in [1.807, 2.05) is 20.8 Å². The summed E-state index contributed by atoms with van der Waals surface area (Å²) in [4.78, 5) is -0.224. The van der Waals surface area contributed by atoms with Gasteiger partial charge in [-0.2, -0.15) is 13.2 Å². The Morgan fingerprint density at radius 3 is 1.95 bits per heavy atom. The summed E-state index contributed by atoms with van der Waals surface area (Å²) in [7, 11) is -3.91. The molecule has 0 aliphatic carbocycles. The summed E-state index contributed by atoms with van der Waals surface area (Å²) >= 11 is 0. The molecule has 1 aromatic rings. The average Bonchev–Trinajstić information content (AvgIpc) is 2.34. The number of nitrogens with two attached hydrogens (primary N) is 1. The van der Waals surface area contributed by atoms with Gasteiger partial charge in [-0.3, -0.25) is 0 Å². The van der Waals surface area contributed by atoms with E-state index in [2.05, 4.69) is 4.72 Å². The van der Waals surface area contributed by atoms with Crippen molar-refractivity contribution in [3.63, 3.8) is 0 Å². The first-order valence-electron chi connectivity index (χ1n) is 6.27. The van der Waals surface area contributed by atoms with Crippen LogP contribution in [0.3, 0.4) is 0 Å². The highest BCUT2D eigenvalue weighted by Crippen LogP contribution is 2.30. The number of rotatable bonds is 4.